The number of rotatable bonds is 29. The molecule has 43 heavy (non-hydrogen) atoms. The lowest BCUT2D eigenvalue weighted by Gasteiger charge is -2.48. The highest BCUT2D eigenvalue weighted by atomic mass is 16.4. The summed E-state index contributed by atoms with van der Waals surface area (Å²) in [6.07, 6.45) is 15.4. The minimum Gasteiger partial charge on any atom is -0.481 e. The third-order valence-corrected chi connectivity index (χ3v) is 9.85. The summed E-state index contributed by atoms with van der Waals surface area (Å²) in [7, 11) is 0. The number of unbranched alkanes of at least 4 members (excludes halogenated alkanes) is 6. The van der Waals surface area contributed by atoms with Gasteiger partial charge in [0.25, 0.3) is 0 Å². The Balaban J connectivity index is 7.22. The number of carboxylic acid groups (broad SMARTS) is 3. The summed E-state index contributed by atoms with van der Waals surface area (Å²) in [5, 5.41) is 45.0. The number of aliphatic carboxylic acids is 3. The second-order valence-electron chi connectivity index (χ2n) is 13.4. The standard InChI is InChI=1S/C36H68O7/c1-7-13-16-22-28(19-10-4)25-31(32(37)38)36(43,34(41)42)35(33(39)40,26-29(20-11-5)23-17-14-8-2)27-30(21-12-6)24-18-15-9-3/h28-31,43H,7-27H2,1-6H3,(H,37,38)(H,39,40)(H,41,42). The Hall–Kier alpha value is -1.63. The van der Waals surface area contributed by atoms with Crippen LogP contribution in [-0.2, 0) is 14.4 Å². The Bertz CT molecular complexity index is 745. The average molecular weight is 613 g/mol. The van der Waals surface area contributed by atoms with Gasteiger partial charge in [0.05, 0.1) is 5.92 Å². The molecule has 0 aromatic rings. The first-order valence-electron chi connectivity index (χ1n) is 17.9. The highest BCUT2D eigenvalue weighted by Gasteiger charge is 2.67. The third kappa shape index (κ3) is 13.1. The Morgan fingerprint density at radius 1 is 0.512 bits per heavy atom. The minimum atomic E-state index is -2.94. The van der Waals surface area contributed by atoms with Crippen molar-refractivity contribution in [1.29, 1.82) is 0 Å². The van der Waals surface area contributed by atoms with Crippen molar-refractivity contribution in [1.82, 2.24) is 0 Å². The second-order valence-corrected chi connectivity index (χ2v) is 13.4. The van der Waals surface area contributed by atoms with Gasteiger partial charge in [-0.25, -0.2) is 4.79 Å². The van der Waals surface area contributed by atoms with E-state index in [1.165, 1.54) is 0 Å². The topological polar surface area (TPSA) is 132 Å². The van der Waals surface area contributed by atoms with Crippen molar-refractivity contribution in [2.75, 3.05) is 0 Å². The van der Waals surface area contributed by atoms with Crippen molar-refractivity contribution in [3.8, 4) is 0 Å². The average Bonchev–Trinajstić information content (AvgIpc) is 2.95. The molecule has 5 atom stereocenters. The van der Waals surface area contributed by atoms with E-state index < -0.39 is 34.8 Å². The zero-order chi connectivity index (χ0) is 32.9. The quantitative estimate of drug-likeness (QED) is 0.0618. The van der Waals surface area contributed by atoms with Gasteiger partial charge < -0.3 is 20.4 Å². The lowest BCUT2D eigenvalue weighted by molar-refractivity contribution is -0.211. The fourth-order valence-electron chi connectivity index (χ4n) is 7.54. The fraction of sp³-hybridized carbons (Fsp3) is 0.917. The van der Waals surface area contributed by atoms with Gasteiger partial charge in [-0.05, 0) is 37.0 Å². The third-order valence-electron chi connectivity index (χ3n) is 9.85. The van der Waals surface area contributed by atoms with Crippen LogP contribution in [0.1, 0.15) is 176 Å². The smallest absolute Gasteiger partial charge is 0.337 e. The molecular formula is C36H68O7. The molecule has 0 saturated carbocycles. The molecule has 0 aliphatic carbocycles. The van der Waals surface area contributed by atoms with Crippen molar-refractivity contribution in [2.45, 2.75) is 182 Å². The van der Waals surface area contributed by atoms with Crippen LogP contribution in [0.3, 0.4) is 0 Å². The van der Waals surface area contributed by atoms with Crippen LogP contribution >= 0.6 is 0 Å². The van der Waals surface area contributed by atoms with Gasteiger partial charge >= 0.3 is 17.9 Å². The summed E-state index contributed by atoms with van der Waals surface area (Å²) in [5.74, 6) is -6.52. The summed E-state index contributed by atoms with van der Waals surface area (Å²) in [4.78, 5) is 40.0. The highest BCUT2D eigenvalue weighted by Crippen LogP contribution is 2.52. The van der Waals surface area contributed by atoms with Crippen LogP contribution in [0.2, 0.25) is 0 Å². The molecule has 0 spiro atoms. The van der Waals surface area contributed by atoms with E-state index in [4.69, 9.17) is 0 Å². The van der Waals surface area contributed by atoms with E-state index in [9.17, 15) is 34.8 Å². The summed E-state index contributed by atoms with van der Waals surface area (Å²) >= 11 is 0. The molecule has 0 amide bonds. The van der Waals surface area contributed by atoms with E-state index in [0.29, 0.717) is 6.42 Å². The summed E-state index contributed by atoms with van der Waals surface area (Å²) in [6.45, 7) is 12.4. The lowest BCUT2D eigenvalue weighted by atomic mass is 9.56. The van der Waals surface area contributed by atoms with Gasteiger partial charge in [-0.2, -0.15) is 0 Å². The van der Waals surface area contributed by atoms with Gasteiger partial charge in [-0.3, -0.25) is 9.59 Å². The zero-order valence-corrected chi connectivity index (χ0v) is 28.7. The van der Waals surface area contributed by atoms with Crippen molar-refractivity contribution in [3.63, 3.8) is 0 Å². The predicted molar refractivity (Wildman–Crippen MR) is 175 cm³/mol. The van der Waals surface area contributed by atoms with Crippen molar-refractivity contribution < 1.29 is 34.8 Å². The van der Waals surface area contributed by atoms with E-state index in [1.54, 1.807) is 0 Å². The molecule has 0 aromatic heterocycles. The maximum Gasteiger partial charge on any atom is 0.337 e. The Kier molecular flexibility index (Phi) is 22.0. The molecule has 5 unspecified atom stereocenters. The molecule has 0 rings (SSSR count). The molecule has 0 aliphatic heterocycles. The van der Waals surface area contributed by atoms with Gasteiger partial charge in [0.1, 0.15) is 5.41 Å². The van der Waals surface area contributed by atoms with E-state index >= 15 is 0 Å². The molecule has 0 bridgehead atoms. The van der Waals surface area contributed by atoms with E-state index in [-0.39, 0.29) is 37.0 Å². The maximum absolute atomic E-state index is 13.6. The zero-order valence-electron chi connectivity index (χ0n) is 28.7. The monoisotopic (exact) mass is 612 g/mol. The van der Waals surface area contributed by atoms with Crippen LogP contribution in [0, 0.1) is 29.1 Å². The van der Waals surface area contributed by atoms with Gasteiger partial charge in [0, 0.05) is 0 Å². The highest BCUT2D eigenvalue weighted by molar-refractivity contribution is 5.93. The lowest BCUT2D eigenvalue weighted by Crippen LogP contribution is -2.65. The molecular weight excluding hydrogens is 544 g/mol. The first-order chi connectivity index (χ1) is 20.4. The molecule has 0 aromatic carbocycles. The Morgan fingerprint density at radius 3 is 1.19 bits per heavy atom. The van der Waals surface area contributed by atoms with Gasteiger partial charge in [0.2, 0.25) is 0 Å². The van der Waals surface area contributed by atoms with Gasteiger partial charge in [-0.1, -0.05) is 157 Å². The first-order valence-corrected chi connectivity index (χ1v) is 17.9. The Labute approximate surface area is 263 Å². The number of carbonyl (C=O) groups is 3. The molecule has 7 heteroatoms. The summed E-state index contributed by atoms with van der Waals surface area (Å²) < 4.78 is 0. The summed E-state index contributed by atoms with van der Waals surface area (Å²) in [6, 6.07) is 0. The fourth-order valence-corrected chi connectivity index (χ4v) is 7.54. The van der Waals surface area contributed by atoms with Crippen LogP contribution in [-0.4, -0.2) is 43.9 Å². The normalized spacial score (nSPS) is 17.4. The van der Waals surface area contributed by atoms with Crippen molar-refractivity contribution in [3.05, 3.63) is 0 Å². The number of aliphatic hydroxyl groups is 1. The molecule has 254 valence electrons. The van der Waals surface area contributed by atoms with E-state index in [1.807, 2.05) is 20.8 Å². The molecule has 7 nitrogen and oxygen atoms in total. The van der Waals surface area contributed by atoms with Crippen LogP contribution in [0.4, 0.5) is 0 Å². The first kappa shape index (κ1) is 41.4. The number of hydrogen-bond donors (Lipinski definition) is 4. The van der Waals surface area contributed by atoms with Crippen molar-refractivity contribution >= 4 is 17.9 Å². The largest absolute Gasteiger partial charge is 0.481 e. The van der Waals surface area contributed by atoms with Gasteiger partial charge in [-0.15, -0.1) is 0 Å². The molecule has 0 aliphatic rings. The van der Waals surface area contributed by atoms with Crippen LogP contribution in [0.15, 0.2) is 0 Å². The molecule has 4 N–H and O–H groups in total. The van der Waals surface area contributed by atoms with Gasteiger partial charge in [0.15, 0.2) is 5.60 Å². The van der Waals surface area contributed by atoms with Crippen LogP contribution < -0.4 is 0 Å². The maximum atomic E-state index is 13.6. The van der Waals surface area contributed by atoms with Crippen molar-refractivity contribution in [2.24, 2.45) is 29.1 Å². The number of hydrogen-bond acceptors (Lipinski definition) is 4. The van der Waals surface area contributed by atoms with E-state index in [0.717, 1.165) is 109 Å². The van der Waals surface area contributed by atoms with Crippen LogP contribution in [0.5, 0.6) is 0 Å². The summed E-state index contributed by atoms with van der Waals surface area (Å²) in [5.41, 5.74) is -5.05. The molecule has 0 saturated heterocycles. The molecule has 0 fully saturated rings. The van der Waals surface area contributed by atoms with E-state index in [2.05, 4.69) is 20.8 Å². The Morgan fingerprint density at radius 2 is 0.884 bits per heavy atom. The predicted octanol–water partition coefficient (Wildman–Crippen LogP) is 9.73. The van der Waals surface area contributed by atoms with Crippen LogP contribution in [0.25, 0.3) is 0 Å². The SMILES string of the molecule is CCCCCC(CCC)CC(C(=O)O)C(O)(C(=O)O)C(CC(CCC)CCCCC)(CC(CCC)CCCCC)C(=O)O. The number of carboxylic acids is 3. The molecule has 0 heterocycles. The second kappa shape index (κ2) is 22.8. The minimum absolute atomic E-state index is 0.0191. The molecule has 0 radical (unpaired) electrons.